The lowest BCUT2D eigenvalue weighted by molar-refractivity contribution is 0.175. The summed E-state index contributed by atoms with van der Waals surface area (Å²) in [6.45, 7) is 4.17. The predicted molar refractivity (Wildman–Crippen MR) is 85.8 cm³/mol. The summed E-state index contributed by atoms with van der Waals surface area (Å²) in [7, 11) is 0. The number of hydrogen-bond acceptors (Lipinski definition) is 1. The van der Waals surface area contributed by atoms with Crippen LogP contribution in [0.2, 0.25) is 10.0 Å². The summed E-state index contributed by atoms with van der Waals surface area (Å²) >= 11 is 12.0. The number of halogens is 2. The molecule has 2 rings (SSSR count). The summed E-state index contributed by atoms with van der Waals surface area (Å²) in [6.07, 6.45) is 0.707. The zero-order chi connectivity index (χ0) is 14.7. The number of aryl methyl sites for hydroxylation is 2. The van der Waals surface area contributed by atoms with Crippen molar-refractivity contribution in [1.82, 2.24) is 0 Å². The number of benzene rings is 2. The summed E-state index contributed by atoms with van der Waals surface area (Å²) in [4.78, 5) is 0. The van der Waals surface area contributed by atoms with Gasteiger partial charge >= 0.3 is 0 Å². The van der Waals surface area contributed by atoms with Crippen LogP contribution in [0.5, 0.6) is 0 Å². The summed E-state index contributed by atoms with van der Waals surface area (Å²) in [5.74, 6) is 0. The van der Waals surface area contributed by atoms with Gasteiger partial charge in [-0.25, -0.2) is 0 Å². The van der Waals surface area contributed by atoms with Gasteiger partial charge in [-0.05, 0) is 54.7 Å². The van der Waals surface area contributed by atoms with E-state index in [0.717, 1.165) is 11.1 Å². The maximum atomic E-state index is 10.2. The highest BCUT2D eigenvalue weighted by molar-refractivity contribution is 6.35. The quantitative estimate of drug-likeness (QED) is 0.863. The van der Waals surface area contributed by atoms with Gasteiger partial charge in [0, 0.05) is 16.5 Å². The van der Waals surface area contributed by atoms with Gasteiger partial charge in [0.25, 0.3) is 0 Å². The SMILES string of the molecule is Cc1ccc(CC(O)Cc2ccc(Cl)cc2Cl)cc1C. The second kappa shape index (κ2) is 6.62. The van der Waals surface area contributed by atoms with Crippen molar-refractivity contribution in [2.24, 2.45) is 0 Å². The topological polar surface area (TPSA) is 20.2 Å². The molecule has 0 heterocycles. The highest BCUT2D eigenvalue weighted by atomic mass is 35.5. The summed E-state index contributed by atoms with van der Waals surface area (Å²) < 4.78 is 0. The highest BCUT2D eigenvalue weighted by Crippen LogP contribution is 2.23. The van der Waals surface area contributed by atoms with Crippen LogP contribution in [0.1, 0.15) is 22.3 Å². The molecule has 1 N–H and O–H groups in total. The Bertz CT molecular complexity index is 608. The average molecular weight is 309 g/mol. The standard InChI is InChI=1S/C17H18Cl2O/c1-11-3-4-13(7-12(11)2)8-16(20)9-14-5-6-15(18)10-17(14)19/h3-7,10,16,20H,8-9H2,1-2H3. The van der Waals surface area contributed by atoms with E-state index in [9.17, 15) is 5.11 Å². The Morgan fingerprint density at radius 2 is 1.70 bits per heavy atom. The van der Waals surface area contributed by atoms with Gasteiger partial charge in [-0.15, -0.1) is 0 Å². The van der Waals surface area contributed by atoms with Crippen LogP contribution in [-0.2, 0) is 12.8 Å². The van der Waals surface area contributed by atoms with Crippen molar-refractivity contribution < 1.29 is 5.11 Å². The monoisotopic (exact) mass is 308 g/mol. The minimum absolute atomic E-state index is 0.448. The molecule has 0 saturated heterocycles. The molecule has 0 aromatic heterocycles. The smallest absolute Gasteiger partial charge is 0.0621 e. The normalized spacial score (nSPS) is 12.4. The van der Waals surface area contributed by atoms with E-state index in [1.165, 1.54) is 11.1 Å². The third-order valence-corrected chi connectivity index (χ3v) is 4.10. The second-order valence-corrected chi connectivity index (χ2v) is 6.06. The molecular weight excluding hydrogens is 291 g/mol. The molecule has 0 spiro atoms. The van der Waals surface area contributed by atoms with Crippen LogP contribution in [0.25, 0.3) is 0 Å². The Morgan fingerprint density at radius 3 is 2.35 bits per heavy atom. The average Bonchev–Trinajstić information content (AvgIpc) is 2.37. The van der Waals surface area contributed by atoms with Crippen molar-refractivity contribution in [3.05, 3.63) is 68.7 Å². The van der Waals surface area contributed by atoms with Gasteiger partial charge in [0.2, 0.25) is 0 Å². The predicted octanol–water partition coefficient (Wildman–Crippen LogP) is 4.76. The molecule has 1 unspecified atom stereocenters. The zero-order valence-electron chi connectivity index (χ0n) is 11.7. The zero-order valence-corrected chi connectivity index (χ0v) is 13.2. The minimum atomic E-state index is -0.448. The van der Waals surface area contributed by atoms with E-state index in [-0.39, 0.29) is 0 Å². The first kappa shape index (κ1) is 15.4. The first-order valence-electron chi connectivity index (χ1n) is 6.64. The van der Waals surface area contributed by atoms with Crippen LogP contribution in [0.15, 0.2) is 36.4 Å². The Balaban J connectivity index is 2.04. The van der Waals surface area contributed by atoms with Gasteiger partial charge in [0.15, 0.2) is 0 Å². The summed E-state index contributed by atoms with van der Waals surface area (Å²) in [5, 5.41) is 11.4. The third kappa shape index (κ3) is 3.99. The van der Waals surface area contributed by atoms with Crippen molar-refractivity contribution in [1.29, 1.82) is 0 Å². The summed E-state index contributed by atoms with van der Waals surface area (Å²) in [5.41, 5.74) is 4.58. The van der Waals surface area contributed by atoms with Gasteiger partial charge < -0.3 is 5.11 Å². The molecule has 2 aromatic carbocycles. The maximum absolute atomic E-state index is 10.2. The molecular formula is C17H18Cl2O. The molecule has 0 bridgehead atoms. The molecule has 0 radical (unpaired) electrons. The molecule has 0 saturated carbocycles. The van der Waals surface area contributed by atoms with Gasteiger partial charge in [-0.2, -0.15) is 0 Å². The Hall–Kier alpha value is -1.02. The van der Waals surface area contributed by atoms with E-state index in [0.29, 0.717) is 22.9 Å². The number of rotatable bonds is 4. The molecule has 3 heteroatoms. The lowest BCUT2D eigenvalue weighted by atomic mass is 9.98. The van der Waals surface area contributed by atoms with E-state index < -0.39 is 6.10 Å². The van der Waals surface area contributed by atoms with Gasteiger partial charge in [-0.1, -0.05) is 47.5 Å². The van der Waals surface area contributed by atoms with Crippen molar-refractivity contribution in [3.8, 4) is 0 Å². The van der Waals surface area contributed by atoms with Crippen LogP contribution in [0.4, 0.5) is 0 Å². The van der Waals surface area contributed by atoms with Crippen LogP contribution in [-0.4, -0.2) is 11.2 Å². The maximum Gasteiger partial charge on any atom is 0.0621 e. The van der Waals surface area contributed by atoms with E-state index >= 15 is 0 Å². The number of hydrogen-bond donors (Lipinski definition) is 1. The molecule has 0 aliphatic heterocycles. The van der Waals surface area contributed by atoms with Crippen LogP contribution < -0.4 is 0 Å². The van der Waals surface area contributed by atoms with Crippen LogP contribution in [0, 0.1) is 13.8 Å². The van der Waals surface area contributed by atoms with Crippen molar-refractivity contribution in [3.63, 3.8) is 0 Å². The Kier molecular flexibility index (Phi) is 5.09. The van der Waals surface area contributed by atoms with Gasteiger partial charge in [-0.3, -0.25) is 0 Å². The molecule has 0 fully saturated rings. The molecule has 2 aromatic rings. The largest absolute Gasteiger partial charge is 0.392 e. The van der Waals surface area contributed by atoms with E-state index in [4.69, 9.17) is 23.2 Å². The van der Waals surface area contributed by atoms with Crippen molar-refractivity contribution in [2.45, 2.75) is 32.8 Å². The van der Waals surface area contributed by atoms with E-state index in [1.807, 2.05) is 6.07 Å². The third-order valence-electron chi connectivity index (χ3n) is 3.51. The molecule has 0 aliphatic carbocycles. The molecule has 20 heavy (non-hydrogen) atoms. The van der Waals surface area contributed by atoms with Gasteiger partial charge in [0.05, 0.1) is 6.10 Å². The molecule has 0 amide bonds. The first-order valence-corrected chi connectivity index (χ1v) is 7.39. The van der Waals surface area contributed by atoms with E-state index in [2.05, 4.69) is 32.0 Å². The minimum Gasteiger partial charge on any atom is -0.392 e. The highest BCUT2D eigenvalue weighted by Gasteiger charge is 2.10. The number of aliphatic hydroxyl groups excluding tert-OH is 1. The lowest BCUT2D eigenvalue weighted by Crippen LogP contribution is -2.14. The van der Waals surface area contributed by atoms with Crippen LogP contribution >= 0.6 is 23.2 Å². The summed E-state index contributed by atoms with van der Waals surface area (Å²) in [6, 6.07) is 11.7. The molecule has 0 aliphatic rings. The fourth-order valence-corrected chi connectivity index (χ4v) is 2.70. The molecule has 1 nitrogen and oxygen atoms in total. The Labute approximate surface area is 130 Å². The van der Waals surface area contributed by atoms with Crippen molar-refractivity contribution in [2.75, 3.05) is 0 Å². The van der Waals surface area contributed by atoms with Crippen molar-refractivity contribution >= 4 is 23.2 Å². The first-order chi connectivity index (χ1) is 9.45. The number of aliphatic hydroxyl groups is 1. The fraction of sp³-hybridized carbons (Fsp3) is 0.294. The lowest BCUT2D eigenvalue weighted by Gasteiger charge is -2.13. The van der Waals surface area contributed by atoms with Gasteiger partial charge in [0.1, 0.15) is 0 Å². The Morgan fingerprint density at radius 1 is 0.950 bits per heavy atom. The second-order valence-electron chi connectivity index (χ2n) is 5.22. The van der Waals surface area contributed by atoms with E-state index in [1.54, 1.807) is 12.1 Å². The molecule has 1 atom stereocenters. The van der Waals surface area contributed by atoms with Crippen LogP contribution in [0.3, 0.4) is 0 Å². The molecule has 106 valence electrons. The fourth-order valence-electron chi connectivity index (χ4n) is 2.22.